The lowest BCUT2D eigenvalue weighted by Gasteiger charge is -2.22. The lowest BCUT2D eigenvalue weighted by Crippen LogP contribution is -2.36. The van der Waals surface area contributed by atoms with E-state index in [1.54, 1.807) is 6.08 Å². The largest absolute Gasteiger partial charge is 0.350 e. The first-order valence-electron chi connectivity index (χ1n) is 12.7. The van der Waals surface area contributed by atoms with Gasteiger partial charge in [0.05, 0.1) is 11.0 Å². The van der Waals surface area contributed by atoms with E-state index in [9.17, 15) is 9.59 Å². The van der Waals surface area contributed by atoms with Crippen LogP contribution < -0.4 is 10.6 Å². The third-order valence-electron chi connectivity index (χ3n) is 7.03. The molecule has 2 aromatic rings. The minimum atomic E-state index is -0.0190. The minimum Gasteiger partial charge on any atom is -0.350 e. The van der Waals surface area contributed by atoms with Crippen molar-refractivity contribution in [3.05, 3.63) is 54.4 Å². The highest BCUT2D eigenvalue weighted by Crippen LogP contribution is 2.26. The number of amides is 2. The van der Waals surface area contributed by atoms with Crippen LogP contribution in [0.25, 0.3) is 16.6 Å². The molecule has 2 amide bonds. The first kappa shape index (κ1) is 24.0. The van der Waals surface area contributed by atoms with E-state index >= 15 is 0 Å². The van der Waals surface area contributed by atoms with Crippen molar-refractivity contribution in [2.75, 3.05) is 5.32 Å². The molecule has 0 spiro atoms. The number of benzene rings is 1. The van der Waals surface area contributed by atoms with E-state index in [0.717, 1.165) is 60.8 Å². The van der Waals surface area contributed by atoms with Crippen LogP contribution in [0, 0.1) is 5.92 Å². The molecule has 6 heteroatoms. The molecule has 0 bridgehead atoms. The van der Waals surface area contributed by atoms with Crippen molar-refractivity contribution in [1.29, 1.82) is 0 Å². The summed E-state index contributed by atoms with van der Waals surface area (Å²) in [4.78, 5) is 33.1. The summed E-state index contributed by atoms with van der Waals surface area (Å²) < 4.78 is 0. The second-order valence-electron chi connectivity index (χ2n) is 9.63. The fourth-order valence-corrected chi connectivity index (χ4v) is 4.91. The van der Waals surface area contributed by atoms with E-state index in [1.165, 1.54) is 25.7 Å². The van der Waals surface area contributed by atoms with Crippen LogP contribution in [0.3, 0.4) is 0 Å². The number of anilines is 1. The third kappa shape index (κ3) is 6.04. The molecule has 1 aromatic carbocycles. The molecule has 4 rings (SSSR count). The summed E-state index contributed by atoms with van der Waals surface area (Å²) in [6.07, 6.45) is 16.6. The molecule has 1 heterocycles. The van der Waals surface area contributed by atoms with Gasteiger partial charge in [-0.25, -0.2) is 4.98 Å². The maximum absolute atomic E-state index is 12.6. The number of carbonyl (C=O) groups is 2. The first-order valence-corrected chi connectivity index (χ1v) is 12.7. The number of allylic oxidation sites excluding steroid dienone is 4. The van der Waals surface area contributed by atoms with Gasteiger partial charge in [-0.3, -0.25) is 9.59 Å². The summed E-state index contributed by atoms with van der Waals surface area (Å²) in [5.74, 6) is 0.881. The normalized spacial score (nSPS) is 18.6. The Balaban J connectivity index is 1.44. The van der Waals surface area contributed by atoms with Gasteiger partial charge in [0.2, 0.25) is 11.8 Å². The fourth-order valence-electron chi connectivity index (χ4n) is 4.91. The Morgan fingerprint density at radius 1 is 1.03 bits per heavy atom. The third-order valence-corrected chi connectivity index (χ3v) is 7.03. The molecule has 0 radical (unpaired) electrons. The van der Waals surface area contributed by atoms with Crippen molar-refractivity contribution < 1.29 is 9.59 Å². The van der Waals surface area contributed by atoms with Gasteiger partial charge in [-0.15, -0.1) is 0 Å². The quantitative estimate of drug-likeness (QED) is 0.347. The van der Waals surface area contributed by atoms with Gasteiger partial charge in [-0.1, -0.05) is 63.3 Å². The fraction of sp³-hybridized carbons (Fsp3) is 0.464. The molecule has 0 atom stereocenters. The Kier molecular flexibility index (Phi) is 7.99. The Hall–Kier alpha value is -3.15. The van der Waals surface area contributed by atoms with Crippen LogP contribution in [0.2, 0.25) is 0 Å². The molecule has 34 heavy (non-hydrogen) atoms. The molecule has 180 valence electrons. The SMILES string of the molecule is C=C/C(=C\C=C(/C)C(=O)NC1CCCCC1)c1nc2ccc(NC(=O)C3CCCCC3)cc2[nH]1. The molecule has 6 nitrogen and oxygen atoms in total. The highest BCUT2D eigenvalue weighted by atomic mass is 16.2. The number of nitrogens with zero attached hydrogens (tertiary/aromatic N) is 1. The topological polar surface area (TPSA) is 86.9 Å². The van der Waals surface area contributed by atoms with Gasteiger partial charge in [0.15, 0.2) is 0 Å². The van der Waals surface area contributed by atoms with Crippen LogP contribution >= 0.6 is 0 Å². The van der Waals surface area contributed by atoms with Crippen molar-refractivity contribution >= 4 is 34.1 Å². The summed E-state index contributed by atoms with van der Waals surface area (Å²) in [6, 6.07) is 6.01. The van der Waals surface area contributed by atoms with Crippen molar-refractivity contribution in [2.45, 2.75) is 77.2 Å². The maximum atomic E-state index is 12.6. The lowest BCUT2D eigenvalue weighted by atomic mass is 9.88. The average molecular weight is 461 g/mol. The van der Waals surface area contributed by atoms with Gasteiger partial charge in [-0.05, 0) is 50.8 Å². The van der Waals surface area contributed by atoms with E-state index < -0.39 is 0 Å². The monoisotopic (exact) mass is 460 g/mol. The molecule has 2 aliphatic carbocycles. The predicted octanol–water partition coefficient (Wildman–Crippen LogP) is 6.05. The molecule has 0 aliphatic heterocycles. The Morgan fingerprint density at radius 3 is 2.44 bits per heavy atom. The Labute approximate surface area is 202 Å². The van der Waals surface area contributed by atoms with Crippen LogP contribution in [0.15, 0.2) is 48.6 Å². The van der Waals surface area contributed by atoms with Gasteiger partial charge in [0.25, 0.3) is 0 Å². The Bertz CT molecular complexity index is 1100. The summed E-state index contributed by atoms with van der Waals surface area (Å²) in [5, 5.41) is 6.21. The van der Waals surface area contributed by atoms with E-state index in [-0.39, 0.29) is 23.8 Å². The maximum Gasteiger partial charge on any atom is 0.247 e. The van der Waals surface area contributed by atoms with Gasteiger partial charge in [0, 0.05) is 28.8 Å². The van der Waals surface area contributed by atoms with Crippen LogP contribution in [-0.2, 0) is 9.59 Å². The van der Waals surface area contributed by atoms with E-state index in [4.69, 9.17) is 0 Å². The molecule has 0 unspecified atom stereocenters. The second-order valence-corrected chi connectivity index (χ2v) is 9.63. The molecular formula is C28H36N4O2. The van der Waals surface area contributed by atoms with Crippen molar-refractivity contribution in [3.8, 4) is 0 Å². The zero-order valence-corrected chi connectivity index (χ0v) is 20.2. The van der Waals surface area contributed by atoms with Crippen LogP contribution in [0.4, 0.5) is 5.69 Å². The highest BCUT2D eigenvalue weighted by Gasteiger charge is 2.21. The number of H-pyrrole nitrogens is 1. The van der Waals surface area contributed by atoms with E-state index in [0.29, 0.717) is 11.4 Å². The van der Waals surface area contributed by atoms with Crippen molar-refractivity contribution in [1.82, 2.24) is 15.3 Å². The second kappa shape index (κ2) is 11.3. The number of imidazole rings is 1. The molecule has 3 N–H and O–H groups in total. The zero-order valence-electron chi connectivity index (χ0n) is 20.2. The van der Waals surface area contributed by atoms with Crippen molar-refractivity contribution in [2.24, 2.45) is 5.92 Å². The molecular weight excluding hydrogens is 424 g/mol. The number of hydrogen-bond acceptors (Lipinski definition) is 3. The molecule has 2 saturated carbocycles. The molecule has 0 saturated heterocycles. The smallest absolute Gasteiger partial charge is 0.247 e. The van der Waals surface area contributed by atoms with Crippen LogP contribution in [-0.4, -0.2) is 27.8 Å². The number of fused-ring (bicyclic) bond motifs is 1. The van der Waals surface area contributed by atoms with Gasteiger partial charge in [-0.2, -0.15) is 0 Å². The average Bonchev–Trinajstić information content (AvgIpc) is 3.28. The van der Waals surface area contributed by atoms with Gasteiger partial charge < -0.3 is 15.6 Å². The predicted molar refractivity (Wildman–Crippen MR) is 138 cm³/mol. The summed E-state index contributed by atoms with van der Waals surface area (Å²) in [5.41, 5.74) is 3.90. The summed E-state index contributed by atoms with van der Waals surface area (Å²) in [6.45, 7) is 5.75. The van der Waals surface area contributed by atoms with E-state index in [2.05, 4.69) is 27.2 Å². The number of aromatic nitrogens is 2. The van der Waals surface area contributed by atoms with Crippen LogP contribution in [0.5, 0.6) is 0 Å². The standard InChI is InChI=1S/C28H36N4O2/c1-3-20(15-14-19(2)27(33)29-22-12-8-5-9-13-22)26-31-24-17-16-23(18-25(24)32-26)30-28(34)21-10-6-4-7-11-21/h3,14-18,21-22H,1,4-13H2,2H3,(H,29,33)(H,30,34)(H,31,32)/b19-14+,20-15+. The van der Waals surface area contributed by atoms with E-state index in [1.807, 2.05) is 37.3 Å². The van der Waals surface area contributed by atoms with Crippen LogP contribution in [0.1, 0.15) is 77.0 Å². The highest BCUT2D eigenvalue weighted by molar-refractivity contribution is 5.95. The number of aromatic amines is 1. The molecule has 2 fully saturated rings. The van der Waals surface area contributed by atoms with Gasteiger partial charge >= 0.3 is 0 Å². The first-order chi connectivity index (χ1) is 16.5. The minimum absolute atomic E-state index is 0.0190. The number of hydrogen-bond donors (Lipinski definition) is 3. The van der Waals surface area contributed by atoms with Gasteiger partial charge in [0.1, 0.15) is 5.82 Å². The number of rotatable bonds is 7. The zero-order chi connectivity index (χ0) is 23.9. The Morgan fingerprint density at radius 2 is 1.74 bits per heavy atom. The molecule has 1 aromatic heterocycles. The lowest BCUT2D eigenvalue weighted by molar-refractivity contribution is -0.121. The van der Waals surface area contributed by atoms with Crippen molar-refractivity contribution in [3.63, 3.8) is 0 Å². The summed E-state index contributed by atoms with van der Waals surface area (Å²) in [7, 11) is 0. The summed E-state index contributed by atoms with van der Waals surface area (Å²) >= 11 is 0. The molecule has 2 aliphatic rings. The number of carbonyl (C=O) groups excluding carboxylic acids is 2. The number of nitrogens with one attached hydrogen (secondary N) is 3.